The zero-order valence-electron chi connectivity index (χ0n) is 10.9. The molecule has 1 aliphatic carbocycles. The third-order valence-corrected chi connectivity index (χ3v) is 3.17. The number of carboxylic acid groups (broad SMARTS) is 1. The number of carboxylic acids is 1. The number of nitrogens with one attached hydrogen (secondary N) is 1. The van der Waals surface area contributed by atoms with Crippen molar-refractivity contribution in [1.29, 1.82) is 0 Å². The zero-order valence-corrected chi connectivity index (χ0v) is 10.9. The lowest BCUT2D eigenvalue weighted by Gasteiger charge is -2.37. The van der Waals surface area contributed by atoms with Gasteiger partial charge >= 0.3 is 12.1 Å². The highest BCUT2D eigenvalue weighted by Gasteiger charge is 2.37. The lowest BCUT2D eigenvalue weighted by Crippen LogP contribution is -2.52. The topological polar surface area (TPSA) is 75.6 Å². The van der Waals surface area contributed by atoms with Gasteiger partial charge < -0.3 is 15.2 Å². The Bertz CT molecular complexity index is 552. The quantitative estimate of drug-likeness (QED) is 0.825. The molecule has 2 rings (SSSR count). The number of carbonyl (C=O) groups excluding carboxylic acids is 1. The standard InChI is InChI=1S/C15H15NO4/c17-13(18)7-10-15(8-4-9-15)16-14(19)20-11-12-5-2-1-3-6-12/h1-3,5-6H,4,8-9,11H2,(H,16,19)(H,17,18). The third kappa shape index (κ3) is 3.75. The van der Waals surface area contributed by atoms with Gasteiger partial charge in [-0.3, -0.25) is 0 Å². The van der Waals surface area contributed by atoms with Gasteiger partial charge in [-0.1, -0.05) is 36.3 Å². The van der Waals surface area contributed by atoms with Crippen LogP contribution >= 0.6 is 0 Å². The van der Waals surface area contributed by atoms with Gasteiger partial charge in [-0.15, -0.1) is 0 Å². The fraction of sp³-hybridized carbons (Fsp3) is 0.333. The fourth-order valence-corrected chi connectivity index (χ4v) is 1.94. The molecular weight excluding hydrogens is 258 g/mol. The van der Waals surface area contributed by atoms with E-state index in [0.717, 1.165) is 12.0 Å². The van der Waals surface area contributed by atoms with E-state index in [1.807, 2.05) is 30.3 Å². The predicted octanol–water partition coefficient (Wildman–Crippen LogP) is 1.92. The minimum absolute atomic E-state index is 0.176. The molecule has 0 spiro atoms. The Balaban J connectivity index is 1.87. The maximum atomic E-state index is 11.7. The number of ether oxygens (including phenoxy) is 1. The molecule has 1 aliphatic rings. The molecule has 2 N–H and O–H groups in total. The Hall–Kier alpha value is -2.48. The summed E-state index contributed by atoms with van der Waals surface area (Å²) in [5.74, 6) is 3.47. The van der Waals surface area contributed by atoms with Crippen LogP contribution in [0.5, 0.6) is 0 Å². The lowest BCUT2D eigenvalue weighted by molar-refractivity contribution is -0.130. The van der Waals surface area contributed by atoms with E-state index in [9.17, 15) is 9.59 Å². The largest absolute Gasteiger partial charge is 0.472 e. The number of rotatable bonds is 3. The van der Waals surface area contributed by atoms with Gasteiger partial charge in [0.25, 0.3) is 0 Å². The van der Waals surface area contributed by atoms with Crippen LogP contribution in [0.2, 0.25) is 0 Å². The van der Waals surface area contributed by atoms with Gasteiger partial charge in [0.1, 0.15) is 12.1 Å². The number of carbonyl (C=O) groups is 2. The van der Waals surface area contributed by atoms with Crippen molar-refractivity contribution < 1.29 is 19.4 Å². The van der Waals surface area contributed by atoms with Gasteiger partial charge in [0.2, 0.25) is 0 Å². The van der Waals surface area contributed by atoms with Crippen LogP contribution in [-0.4, -0.2) is 22.7 Å². The van der Waals surface area contributed by atoms with Crippen molar-refractivity contribution in [3.8, 4) is 11.8 Å². The maximum absolute atomic E-state index is 11.7. The molecule has 1 saturated carbocycles. The Morgan fingerprint density at radius 2 is 2.00 bits per heavy atom. The van der Waals surface area contributed by atoms with E-state index in [4.69, 9.17) is 9.84 Å². The number of hydrogen-bond acceptors (Lipinski definition) is 3. The van der Waals surface area contributed by atoms with Crippen LogP contribution in [0.1, 0.15) is 24.8 Å². The molecule has 0 saturated heterocycles. The van der Waals surface area contributed by atoms with Crippen molar-refractivity contribution in [3.63, 3.8) is 0 Å². The maximum Gasteiger partial charge on any atom is 0.408 e. The van der Waals surface area contributed by atoms with Crippen molar-refractivity contribution in [2.75, 3.05) is 0 Å². The molecular formula is C15H15NO4. The van der Waals surface area contributed by atoms with Crippen LogP contribution in [0.15, 0.2) is 30.3 Å². The number of hydrogen-bond donors (Lipinski definition) is 2. The Kier molecular flexibility index (Phi) is 4.26. The first kappa shape index (κ1) is 13.9. The summed E-state index contributed by atoms with van der Waals surface area (Å²) < 4.78 is 5.10. The molecule has 0 heterocycles. The first-order valence-electron chi connectivity index (χ1n) is 6.35. The summed E-state index contributed by atoms with van der Waals surface area (Å²) in [5.41, 5.74) is 0.147. The van der Waals surface area contributed by atoms with Gasteiger partial charge in [0.15, 0.2) is 0 Å². The molecule has 0 atom stereocenters. The van der Waals surface area contributed by atoms with Crippen molar-refractivity contribution in [2.24, 2.45) is 0 Å². The molecule has 0 aliphatic heterocycles. The number of alkyl carbamates (subject to hydrolysis) is 1. The molecule has 0 bridgehead atoms. The normalized spacial score (nSPS) is 15.2. The zero-order chi connectivity index (χ0) is 14.4. The molecule has 0 radical (unpaired) electrons. The van der Waals surface area contributed by atoms with E-state index in [-0.39, 0.29) is 6.61 Å². The predicted molar refractivity (Wildman–Crippen MR) is 71.8 cm³/mol. The number of aliphatic carboxylic acids is 1. The van der Waals surface area contributed by atoms with Crippen molar-refractivity contribution in [1.82, 2.24) is 5.32 Å². The molecule has 1 amide bonds. The van der Waals surface area contributed by atoms with E-state index in [1.54, 1.807) is 0 Å². The summed E-state index contributed by atoms with van der Waals surface area (Å²) >= 11 is 0. The van der Waals surface area contributed by atoms with E-state index >= 15 is 0 Å². The average molecular weight is 273 g/mol. The summed E-state index contributed by atoms with van der Waals surface area (Å²) in [6, 6.07) is 9.33. The van der Waals surface area contributed by atoms with Gasteiger partial charge in [0, 0.05) is 5.92 Å². The third-order valence-electron chi connectivity index (χ3n) is 3.17. The summed E-state index contributed by atoms with van der Waals surface area (Å²) in [6.07, 6.45) is 1.63. The van der Waals surface area contributed by atoms with Crippen molar-refractivity contribution >= 4 is 12.1 Å². The SMILES string of the molecule is O=C(O)C#CC1(NC(=O)OCc2ccccc2)CCC1. The summed E-state index contributed by atoms with van der Waals surface area (Å²) in [4.78, 5) is 22.2. The second kappa shape index (κ2) is 6.11. The molecule has 0 aromatic heterocycles. The van der Waals surface area contributed by atoms with E-state index in [1.165, 1.54) is 0 Å². The van der Waals surface area contributed by atoms with Gasteiger partial charge in [0.05, 0.1) is 0 Å². The summed E-state index contributed by atoms with van der Waals surface area (Å²) in [6.45, 7) is 0.176. The Morgan fingerprint density at radius 1 is 1.30 bits per heavy atom. The average Bonchev–Trinajstić information content (AvgIpc) is 2.40. The number of benzene rings is 1. The Labute approximate surface area is 116 Å². The lowest BCUT2D eigenvalue weighted by atomic mass is 9.77. The smallest absolute Gasteiger partial charge is 0.408 e. The molecule has 104 valence electrons. The molecule has 1 aromatic rings. The second-order valence-electron chi connectivity index (χ2n) is 4.68. The number of amides is 1. The Morgan fingerprint density at radius 3 is 2.55 bits per heavy atom. The highest BCUT2D eigenvalue weighted by Crippen LogP contribution is 2.31. The van der Waals surface area contributed by atoms with E-state index in [0.29, 0.717) is 12.8 Å². The van der Waals surface area contributed by atoms with E-state index in [2.05, 4.69) is 17.2 Å². The summed E-state index contributed by atoms with van der Waals surface area (Å²) in [5, 5.41) is 11.2. The highest BCUT2D eigenvalue weighted by atomic mass is 16.5. The minimum atomic E-state index is -1.20. The molecule has 5 nitrogen and oxygen atoms in total. The monoisotopic (exact) mass is 273 g/mol. The van der Waals surface area contributed by atoms with Crippen molar-refractivity contribution in [2.45, 2.75) is 31.4 Å². The molecule has 20 heavy (non-hydrogen) atoms. The fourth-order valence-electron chi connectivity index (χ4n) is 1.94. The van der Waals surface area contributed by atoms with Gasteiger partial charge in [-0.2, -0.15) is 0 Å². The van der Waals surface area contributed by atoms with Gasteiger partial charge in [-0.05, 0) is 24.8 Å². The van der Waals surface area contributed by atoms with Gasteiger partial charge in [-0.25, -0.2) is 9.59 Å². The minimum Gasteiger partial charge on any atom is -0.472 e. The first-order chi connectivity index (χ1) is 9.60. The van der Waals surface area contributed by atoms with Crippen LogP contribution in [0.3, 0.4) is 0 Å². The van der Waals surface area contributed by atoms with Crippen LogP contribution < -0.4 is 5.32 Å². The first-order valence-corrected chi connectivity index (χ1v) is 6.35. The summed E-state index contributed by atoms with van der Waals surface area (Å²) in [7, 11) is 0. The van der Waals surface area contributed by atoms with Crippen LogP contribution in [0.4, 0.5) is 4.79 Å². The van der Waals surface area contributed by atoms with E-state index < -0.39 is 17.6 Å². The van der Waals surface area contributed by atoms with Crippen molar-refractivity contribution in [3.05, 3.63) is 35.9 Å². The molecule has 5 heteroatoms. The highest BCUT2D eigenvalue weighted by molar-refractivity contribution is 5.87. The van der Waals surface area contributed by atoms with Crippen LogP contribution in [0, 0.1) is 11.8 Å². The molecule has 1 aromatic carbocycles. The van der Waals surface area contributed by atoms with Crippen LogP contribution in [0.25, 0.3) is 0 Å². The molecule has 1 fully saturated rings. The molecule has 0 unspecified atom stereocenters. The van der Waals surface area contributed by atoms with Crippen LogP contribution in [-0.2, 0) is 16.1 Å². The second-order valence-corrected chi connectivity index (χ2v) is 4.68.